The van der Waals surface area contributed by atoms with Crippen LogP contribution in [0.5, 0.6) is 0 Å². The number of hydrogen-bond acceptors (Lipinski definition) is 3. The maximum absolute atomic E-state index is 13.4. The highest BCUT2D eigenvalue weighted by Gasteiger charge is 2.17. The van der Waals surface area contributed by atoms with E-state index in [0.29, 0.717) is 11.0 Å². The maximum atomic E-state index is 13.4. The number of nitrogens with zero attached hydrogens (tertiary/aromatic N) is 2. The second kappa shape index (κ2) is 7.19. The molecule has 0 aliphatic heterocycles. The third-order valence-electron chi connectivity index (χ3n) is 4.45. The van der Waals surface area contributed by atoms with Crippen molar-refractivity contribution in [3.05, 3.63) is 66.2 Å². The highest BCUT2D eigenvalue weighted by Crippen LogP contribution is 2.23. The number of hydrogen-bond donors (Lipinski definition) is 1. The summed E-state index contributed by atoms with van der Waals surface area (Å²) >= 11 is 0. The number of carbonyl (C=O) groups excluding carboxylic acids is 1. The molecule has 2 aromatic carbocycles. The average molecular weight is 369 g/mol. The van der Waals surface area contributed by atoms with E-state index >= 15 is 0 Å². The van der Waals surface area contributed by atoms with Gasteiger partial charge >= 0.3 is 6.55 Å². The standard InChI is InChI=1S/C20H17F2N3O2/c21-20(22)25-16-7-3-2-6-15(16)24-18(25)9-10-23-19(26)11-13-12-27-17-8-4-1-5-14(13)17/h1-8,12,20H,9-11H2,(H,23,26). The van der Waals surface area contributed by atoms with Crippen LogP contribution < -0.4 is 5.32 Å². The number of amides is 1. The van der Waals surface area contributed by atoms with Crippen LogP contribution in [-0.4, -0.2) is 22.0 Å². The molecule has 5 nitrogen and oxygen atoms in total. The van der Waals surface area contributed by atoms with E-state index in [-0.39, 0.29) is 31.1 Å². The van der Waals surface area contributed by atoms with Crippen LogP contribution in [0, 0.1) is 0 Å². The fourth-order valence-electron chi connectivity index (χ4n) is 3.21. The molecule has 7 heteroatoms. The molecule has 0 unspecified atom stereocenters. The molecule has 0 saturated carbocycles. The molecule has 2 aromatic heterocycles. The third-order valence-corrected chi connectivity index (χ3v) is 4.45. The van der Waals surface area contributed by atoms with Crippen LogP contribution in [0.15, 0.2) is 59.2 Å². The van der Waals surface area contributed by atoms with Crippen molar-refractivity contribution in [3.63, 3.8) is 0 Å². The van der Waals surface area contributed by atoms with Crippen LogP contribution in [0.3, 0.4) is 0 Å². The third kappa shape index (κ3) is 3.40. The Morgan fingerprint density at radius 1 is 1.15 bits per heavy atom. The molecule has 4 rings (SSSR count). The van der Waals surface area contributed by atoms with E-state index in [9.17, 15) is 13.6 Å². The lowest BCUT2D eigenvalue weighted by Gasteiger charge is -2.08. The fraction of sp³-hybridized carbons (Fsp3) is 0.200. The first-order valence-corrected chi connectivity index (χ1v) is 8.59. The van der Waals surface area contributed by atoms with Crippen molar-refractivity contribution in [2.75, 3.05) is 6.54 Å². The van der Waals surface area contributed by atoms with Crippen molar-refractivity contribution in [2.45, 2.75) is 19.4 Å². The van der Waals surface area contributed by atoms with Crippen molar-refractivity contribution in [1.82, 2.24) is 14.9 Å². The number of para-hydroxylation sites is 3. The van der Waals surface area contributed by atoms with Gasteiger partial charge in [0.05, 0.1) is 23.7 Å². The molecule has 0 atom stereocenters. The van der Waals surface area contributed by atoms with Crippen LogP contribution >= 0.6 is 0 Å². The normalized spacial score (nSPS) is 11.5. The van der Waals surface area contributed by atoms with Crippen LogP contribution in [-0.2, 0) is 17.6 Å². The fourth-order valence-corrected chi connectivity index (χ4v) is 3.21. The lowest BCUT2D eigenvalue weighted by molar-refractivity contribution is -0.120. The lowest BCUT2D eigenvalue weighted by atomic mass is 10.1. The zero-order chi connectivity index (χ0) is 18.8. The zero-order valence-electron chi connectivity index (χ0n) is 14.4. The number of aromatic nitrogens is 2. The van der Waals surface area contributed by atoms with Gasteiger partial charge in [0.2, 0.25) is 5.91 Å². The van der Waals surface area contributed by atoms with E-state index in [1.807, 2.05) is 24.3 Å². The summed E-state index contributed by atoms with van der Waals surface area (Å²) in [5, 5.41) is 3.66. The average Bonchev–Trinajstić information content (AvgIpc) is 3.23. The van der Waals surface area contributed by atoms with Gasteiger partial charge in [-0.05, 0) is 18.2 Å². The van der Waals surface area contributed by atoms with Gasteiger partial charge in [-0.25, -0.2) is 4.98 Å². The van der Waals surface area contributed by atoms with Gasteiger partial charge in [-0.2, -0.15) is 8.78 Å². The predicted molar refractivity (Wildman–Crippen MR) is 97.6 cm³/mol. The Morgan fingerprint density at radius 2 is 1.93 bits per heavy atom. The van der Waals surface area contributed by atoms with Crippen molar-refractivity contribution < 1.29 is 18.0 Å². The minimum absolute atomic E-state index is 0.169. The Morgan fingerprint density at radius 3 is 2.78 bits per heavy atom. The minimum atomic E-state index is -2.68. The quantitative estimate of drug-likeness (QED) is 0.557. The smallest absolute Gasteiger partial charge is 0.320 e. The molecular weight excluding hydrogens is 352 g/mol. The zero-order valence-corrected chi connectivity index (χ0v) is 14.4. The summed E-state index contributed by atoms with van der Waals surface area (Å²) in [6.45, 7) is -2.45. The van der Waals surface area contributed by atoms with E-state index in [4.69, 9.17) is 4.42 Å². The van der Waals surface area contributed by atoms with Crippen molar-refractivity contribution in [2.24, 2.45) is 0 Å². The Bertz CT molecular complexity index is 1100. The first-order valence-electron chi connectivity index (χ1n) is 8.59. The van der Waals surface area contributed by atoms with Gasteiger partial charge in [0.15, 0.2) is 0 Å². The number of alkyl halides is 2. The summed E-state index contributed by atoms with van der Waals surface area (Å²) in [6.07, 6.45) is 1.96. The largest absolute Gasteiger partial charge is 0.464 e. The molecule has 1 N–H and O–H groups in total. The molecule has 0 bridgehead atoms. The van der Waals surface area contributed by atoms with E-state index < -0.39 is 6.55 Å². The summed E-state index contributed by atoms with van der Waals surface area (Å²) in [6, 6.07) is 14.2. The minimum Gasteiger partial charge on any atom is -0.464 e. The molecule has 2 heterocycles. The van der Waals surface area contributed by atoms with Gasteiger partial charge in [-0.3, -0.25) is 9.36 Å². The predicted octanol–water partition coefficient (Wildman–Crippen LogP) is 4.08. The molecule has 0 radical (unpaired) electrons. The Kier molecular flexibility index (Phi) is 4.58. The molecule has 0 spiro atoms. The second-order valence-electron chi connectivity index (χ2n) is 6.20. The first kappa shape index (κ1) is 17.2. The summed E-state index contributed by atoms with van der Waals surface area (Å²) in [4.78, 5) is 16.5. The number of rotatable bonds is 6. The highest BCUT2D eigenvalue weighted by molar-refractivity contribution is 5.87. The number of carbonyl (C=O) groups is 1. The van der Waals surface area contributed by atoms with Gasteiger partial charge < -0.3 is 9.73 Å². The SMILES string of the molecule is O=C(Cc1coc2ccccc12)NCCc1nc2ccccc2n1C(F)F. The number of benzene rings is 2. The Labute approximate surface area is 153 Å². The molecule has 0 aliphatic carbocycles. The van der Waals surface area contributed by atoms with Gasteiger partial charge in [-0.1, -0.05) is 30.3 Å². The lowest BCUT2D eigenvalue weighted by Crippen LogP contribution is -2.28. The second-order valence-corrected chi connectivity index (χ2v) is 6.20. The van der Waals surface area contributed by atoms with E-state index in [2.05, 4.69) is 10.3 Å². The van der Waals surface area contributed by atoms with E-state index in [1.54, 1.807) is 30.5 Å². The number of fused-ring (bicyclic) bond motifs is 2. The molecule has 138 valence electrons. The van der Waals surface area contributed by atoms with Crippen molar-refractivity contribution in [1.29, 1.82) is 0 Å². The Balaban J connectivity index is 1.42. The summed E-state index contributed by atoms with van der Waals surface area (Å²) in [5.41, 5.74) is 2.43. The first-order chi connectivity index (χ1) is 13.1. The summed E-state index contributed by atoms with van der Waals surface area (Å²) < 4.78 is 33.1. The molecule has 0 saturated heterocycles. The van der Waals surface area contributed by atoms with Gasteiger partial charge in [0, 0.05) is 23.9 Å². The maximum Gasteiger partial charge on any atom is 0.320 e. The van der Waals surface area contributed by atoms with Crippen LogP contribution in [0.2, 0.25) is 0 Å². The number of furan rings is 1. The molecule has 0 fully saturated rings. The molecule has 0 aliphatic rings. The topological polar surface area (TPSA) is 60.1 Å². The number of nitrogens with one attached hydrogen (secondary N) is 1. The molecular formula is C20H17F2N3O2. The number of halogens is 2. The summed E-state index contributed by atoms with van der Waals surface area (Å²) in [7, 11) is 0. The van der Waals surface area contributed by atoms with Gasteiger partial charge in [0.1, 0.15) is 11.4 Å². The number of imidazole rings is 1. The van der Waals surface area contributed by atoms with Gasteiger partial charge in [-0.15, -0.1) is 0 Å². The van der Waals surface area contributed by atoms with Crippen LogP contribution in [0.4, 0.5) is 8.78 Å². The van der Waals surface area contributed by atoms with Crippen molar-refractivity contribution in [3.8, 4) is 0 Å². The highest BCUT2D eigenvalue weighted by atomic mass is 19.3. The van der Waals surface area contributed by atoms with E-state index in [0.717, 1.165) is 21.1 Å². The summed E-state index contributed by atoms with van der Waals surface area (Å²) in [5.74, 6) is 0.0570. The van der Waals surface area contributed by atoms with E-state index in [1.165, 1.54) is 0 Å². The van der Waals surface area contributed by atoms with Crippen LogP contribution in [0.1, 0.15) is 17.9 Å². The monoisotopic (exact) mass is 369 g/mol. The van der Waals surface area contributed by atoms with Crippen LogP contribution in [0.25, 0.3) is 22.0 Å². The molecule has 1 amide bonds. The van der Waals surface area contributed by atoms with Gasteiger partial charge in [0.25, 0.3) is 0 Å². The van der Waals surface area contributed by atoms with Crippen molar-refractivity contribution >= 4 is 27.9 Å². The molecule has 27 heavy (non-hydrogen) atoms. The Hall–Kier alpha value is -3.22. The molecule has 4 aromatic rings.